The van der Waals surface area contributed by atoms with E-state index >= 15 is 0 Å². The van der Waals surface area contributed by atoms with Crippen LogP contribution in [0, 0.1) is 5.41 Å². The fourth-order valence-corrected chi connectivity index (χ4v) is 2.67. The van der Waals surface area contributed by atoms with Gasteiger partial charge in [-0.3, -0.25) is 0 Å². The van der Waals surface area contributed by atoms with Crippen LogP contribution in [-0.4, -0.2) is 19.3 Å². The molecule has 0 aromatic carbocycles. The number of nitrogens with two attached hydrogens (primary N) is 1. The van der Waals surface area contributed by atoms with E-state index in [1.165, 1.54) is 32.1 Å². The van der Waals surface area contributed by atoms with Crippen molar-refractivity contribution in [3.05, 3.63) is 0 Å². The molecule has 1 aliphatic heterocycles. The van der Waals surface area contributed by atoms with Crippen molar-refractivity contribution in [2.75, 3.05) is 13.2 Å². The SMILES string of the molecule is Cl.NC1CCOCC12CCCCC2. The molecule has 1 heterocycles. The van der Waals surface area contributed by atoms with Crippen LogP contribution in [0.4, 0.5) is 0 Å². The van der Waals surface area contributed by atoms with Gasteiger partial charge >= 0.3 is 0 Å². The zero-order chi connectivity index (χ0) is 8.44. The van der Waals surface area contributed by atoms with Gasteiger partial charge in [0.2, 0.25) is 0 Å². The van der Waals surface area contributed by atoms with E-state index in [2.05, 4.69) is 0 Å². The molecule has 3 heteroatoms. The third-order valence-corrected chi connectivity index (χ3v) is 3.60. The number of hydrogen-bond donors (Lipinski definition) is 1. The van der Waals surface area contributed by atoms with Crippen LogP contribution in [-0.2, 0) is 4.74 Å². The van der Waals surface area contributed by atoms with E-state index in [4.69, 9.17) is 10.5 Å². The molecule has 0 aromatic rings. The van der Waals surface area contributed by atoms with Crippen molar-refractivity contribution < 1.29 is 4.74 Å². The lowest BCUT2D eigenvalue weighted by atomic mass is 9.68. The molecule has 1 spiro atoms. The Kier molecular flexibility index (Phi) is 4.02. The van der Waals surface area contributed by atoms with E-state index in [1.54, 1.807) is 0 Å². The molecule has 0 bridgehead atoms. The third-order valence-electron chi connectivity index (χ3n) is 3.60. The molecular weight excluding hydrogens is 186 g/mol. The molecule has 13 heavy (non-hydrogen) atoms. The highest BCUT2D eigenvalue weighted by molar-refractivity contribution is 5.85. The molecule has 0 aromatic heterocycles. The van der Waals surface area contributed by atoms with Gasteiger partial charge in [0.25, 0.3) is 0 Å². The van der Waals surface area contributed by atoms with Crippen molar-refractivity contribution in [1.82, 2.24) is 0 Å². The summed E-state index contributed by atoms with van der Waals surface area (Å²) < 4.78 is 5.55. The summed E-state index contributed by atoms with van der Waals surface area (Å²) in [6.07, 6.45) is 7.78. The predicted molar refractivity (Wildman–Crippen MR) is 56.2 cm³/mol. The summed E-state index contributed by atoms with van der Waals surface area (Å²) in [6, 6.07) is 0.409. The van der Waals surface area contributed by atoms with Crippen molar-refractivity contribution in [2.24, 2.45) is 11.1 Å². The lowest BCUT2D eigenvalue weighted by Gasteiger charge is -2.44. The van der Waals surface area contributed by atoms with Gasteiger partial charge < -0.3 is 10.5 Å². The van der Waals surface area contributed by atoms with Gasteiger partial charge in [0, 0.05) is 18.1 Å². The van der Waals surface area contributed by atoms with Gasteiger partial charge in [0.1, 0.15) is 0 Å². The molecule has 2 fully saturated rings. The second kappa shape index (κ2) is 4.63. The minimum atomic E-state index is 0. The topological polar surface area (TPSA) is 35.2 Å². The van der Waals surface area contributed by atoms with E-state index in [0.29, 0.717) is 11.5 Å². The number of rotatable bonds is 0. The van der Waals surface area contributed by atoms with Crippen molar-refractivity contribution in [2.45, 2.75) is 44.6 Å². The van der Waals surface area contributed by atoms with E-state index in [0.717, 1.165) is 19.6 Å². The largest absolute Gasteiger partial charge is 0.381 e. The molecule has 1 unspecified atom stereocenters. The average molecular weight is 206 g/mol. The van der Waals surface area contributed by atoms with Crippen LogP contribution in [0.25, 0.3) is 0 Å². The summed E-state index contributed by atoms with van der Waals surface area (Å²) in [7, 11) is 0. The highest BCUT2D eigenvalue weighted by Crippen LogP contribution is 2.41. The Bertz CT molecular complexity index is 149. The van der Waals surface area contributed by atoms with Crippen LogP contribution in [0.15, 0.2) is 0 Å². The first-order valence-corrected chi connectivity index (χ1v) is 5.17. The molecule has 78 valence electrons. The van der Waals surface area contributed by atoms with Crippen LogP contribution in [0.1, 0.15) is 38.5 Å². The van der Waals surface area contributed by atoms with Crippen LogP contribution in [0.5, 0.6) is 0 Å². The van der Waals surface area contributed by atoms with Crippen LogP contribution in [0.2, 0.25) is 0 Å². The van der Waals surface area contributed by atoms with E-state index in [9.17, 15) is 0 Å². The molecule has 0 radical (unpaired) electrons. The molecule has 2 N–H and O–H groups in total. The van der Waals surface area contributed by atoms with Crippen molar-refractivity contribution >= 4 is 12.4 Å². The predicted octanol–water partition coefficient (Wildman–Crippen LogP) is 2.11. The second-order valence-electron chi connectivity index (χ2n) is 4.37. The molecule has 1 atom stereocenters. The Morgan fingerprint density at radius 2 is 1.85 bits per heavy atom. The lowest BCUT2D eigenvalue weighted by Crippen LogP contribution is -2.50. The molecule has 1 aliphatic carbocycles. The van der Waals surface area contributed by atoms with Crippen LogP contribution >= 0.6 is 12.4 Å². The summed E-state index contributed by atoms with van der Waals surface area (Å²) in [5.41, 5.74) is 6.54. The summed E-state index contributed by atoms with van der Waals surface area (Å²) in [4.78, 5) is 0. The van der Waals surface area contributed by atoms with Crippen LogP contribution < -0.4 is 5.73 Å². The fraction of sp³-hybridized carbons (Fsp3) is 1.00. The highest BCUT2D eigenvalue weighted by atomic mass is 35.5. The Morgan fingerprint density at radius 3 is 2.46 bits per heavy atom. The van der Waals surface area contributed by atoms with Crippen molar-refractivity contribution in [3.8, 4) is 0 Å². The maximum absolute atomic E-state index is 6.16. The second-order valence-corrected chi connectivity index (χ2v) is 4.37. The molecule has 2 nitrogen and oxygen atoms in total. The average Bonchev–Trinajstić information content (AvgIpc) is 2.12. The molecule has 2 rings (SSSR count). The molecular formula is C10H20ClNO. The van der Waals surface area contributed by atoms with Gasteiger partial charge in [0.05, 0.1) is 6.61 Å². The third kappa shape index (κ3) is 2.17. The van der Waals surface area contributed by atoms with Crippen molar-refractivity contribution in [1.29, 1.82) is 0 Å². The summed E-state index contributed by atoms with van der Waals surface area (Å²) in [5.74, 6) is 0. The summed E-state index contributed by atoms with van der Waals surface area (Å²) >= 11 is 0. The first kappa shape index (κ1) is 11.3. The Labute approximate surface area is 86.6 Å². The van der Waals surface area contributed by atoms with E-state index in [-0.39, 0.29) is 12.4 Å². The van der Waals surface area contributed by atoms with Crippen molar-refractivity contribution in [3.63, 3.8) is 0 Å². The van der Waals surface area contributed by atoms with Gasteiger partial charge in [-0.1, -0.05) is 19.3 Å². The maximum Gasteiger partial charge on any atom is 0.0537 e. The minimum Gasteiger partial charge on any atom is -0.381 e. The molecule has 2 aliphatic rings. The standard InChI is InChI=1S/C10H19NO.ClH/c11-9-4-7-12-8-10(9)5-2-1-3-6-10;/h9H,1-8,11H2;1H. The lowest BCUT2D eigenvalue weighted by molar-refractivity contribution is -0.0427. The Balaban J connectivity index is 0.000000845. The van der Waals surface area contributed by atoms with Gasteiger partial charge in [-0.05, 0) is 19.3 Å². The van der Waals surface area contributed by atoms with E-state index in [1.807, 2.05) is 0 Å². The van der Waals surface area contributed by atoms with Gasteiger partial charge in [-0.25, -0.2) is 0 Å². The van der Waals surface area contributed by atoms with Gasteiger partial charge in [-0.15, -0.1) is 12.4 Å². The van der Waals surface area contributed by atoms with Crippen LogP contribution in [0.3, 0.4) is 0 Å². The smallest absolute Gasteiger partial charge is 0.0537 e. The minimum absolute atomic E-state index is 0. The monoisotopic (exact) mass is 205 g/mol. The quantitative estimate of drug-likeness (QED) is 0.658. The molecule has 1 saturated carbocycles. The highest BCUT2D eigenvalue weighted by Gasteiger charge is 2.40. The van der Waals surface area contributed by atoms with E-state index < -0.39 is 0 Å². The normalized spacial score (nSPS) is 32.5. The summed E-state index contributed by atoms with van der Waals surface area (Å²) in [6.45, 7) is 1.80. The number of hydrogen-bond acceptors (Lipinski definition) is 2. The first-order chi connectivity index (χ1) is 5.83. The fourth-order valence-electron chi connectivity index (χ4n) is 2.67. The Morgan fingerprint density at radius 1 is 1.15 bits per heavy atom. The van der Waals surface area contributed by atoms with Gasteiger partial charge in [0.15, 0.2) is 0 Å². The molecule has 0 amide bonds. The summed E-state index contributed by atoms with van der Waals surface area (Å²) in [5, 5.41) is 0. The molecule has 1 saturated heterocycles. The number of ether oxygens (including phenoxy) is 1. The number of halogens is 1. The maximum atomic E-state index is 6.16. The van der Waals surface area contributed by atoms with Gasteiger partial charge in [-0.2, -0.15) is 0 Å². The zero-order valence-electron chi connectivity index (χ0n) is 8.13. The first-order valence-electron chi connectivity index (χ1n) is 5.17. The zero-order valence-corrected chi connectivity index (χ0v) is 8.94. The Hall–Kier alpha value is 0.210.